The molecule has 1 saturated heterocycles. The van der Waals surface area contributed by atoms with E-state index >= 15 is 0 Å². The van der Waals surface area contributed by atoms with E-state index in [0.717, 1.165) is 24.3 Å². The molecule has 0 spiro atoms. The van der Waals surface area contributed by atoms with Crippen LogP contribution in [0.4, 0.5) is 5.69 Å². The second kappa shape index (κ2) is 7.74. The van der Waals surface area contributed by atoms with Crippen LogP contribution in [0.2, 0.25) is 5.02 Å². The summed E-state index contributed by atoms with van der Waals surface area (Å²) in [6.07, 6.45) is 3.10. The van der Waals surface area contributed by atoms with Crippen LogP contribution in [0.25, 0.3) is 0 Å². The van der Waals surface area contributed by atoms with E-state index in [1.54, 1.807) is 19.2 Å². The Morgan fingerprint density at radius 1 is 1.24 bits per heavy atom. The van der Waals surface area contributed by atoms with E-state index in [4.69, 9.17) is 16.3 Å². The standard InChI is InChI=1S/C19H22ClN3O2/c1-14-12-16(20)5-6-18(14)25-15(2)19(24)23-10-8-22(9-11-23)17-4-3-7-21-13-17/h3-7,12-13,15H,8-11H2,1-2H3/t15-/m0/s1. The maximum atomic E-state index is 12.7. The van der Waals surface area contributed by atoms with Crippen LogP contribution in [0.5, 0.6) is 5.75 Å². The van der Waals surface area contributed by atoms with Crippen molar-refractivity contribution in [2.75, 3.05) is 31.1 Å². The number of aryl methyl sites for hydroxylation is 1. The molecule has 1 aromatic carbocycles. The van der Waals surface area contributed by atoms with Crippen molar-refractivity contribution >= 4 is 23.2 Å². The number of hydrogen-bond donors (Lipinski definition) is 0. The van der Waals surface area contributed by atoms with E-state index in [0.29, 0.717) is 23.9 Å². The molecule has 1 atom stereocenters. The summed E-state index contributed by atoms with van der Waals surface area (Å²) >= 11 is 5.96. The molecule has 1 fully saturated rings. The first-order chi connectivity index (χ1) is 12.0. The van der Waals surface area contributed by atoms with Gasteiger partial charge in [0.05, 0.1) is 11.9 Å². The minimum Gasteiger partial charge on any atom is -0.481 e. The zero-order valence-corrected chi connectivity index (χ0v) is 15.2. The van der Waals surface area contributed by atoms with Gasteiger partial charge in [0, 0.05) is 37.4 Å². The number of hydrogen-bond acceptors (Lipinski definition) is 4. The minimum atomic E-state index is -0.523. The quantitative estimate of drug-likeness (QED) is 0.841. The van der Waals surface area contributed by atoms with Crippen molar-refractivity contribution in [2.24, 2.45) is 0 Å². The third kappa shape index (κ3) is 4.23. The Kier molecular flexibility index (Phi) is 5.43. The number of carbonyl (C=O) groups is 1. The van der Waals surface area contributed by atoms with Crippen LogP contribution in [0.3, 0.4) is 0 Å². The molecular weight excluding hydrogens is 338 g/mol. The van der Waals surface area contributed by atoms with Crippen molar-refractivity contribution in [1.29, 1.82) is 0 Å². The summed E-state index contributed by atoms with van der Waals surface area (Å²) in [6, 6.07) is 9.38. The lowest BCUT2D eigenvalue weighted by Gasteiger charge is -2.37. The van der Waals surface area contributed by atoms with Gasteiger partial charge in [-0.1, -0.05) is 11.6 Å². The lowest BCUT2D eigenvalue weighted by molar-refractivity contribution is -0.138. The normalized spacial score (nSPS) is 15.8. The zero-order valence-electron chi connectivity index (χ0n) is 14.5. The van der Waals surface area contributed by atoms with Gasteiger partial charge in [-0.2, -0.15) is 0 Å². The Labute approximate surface area is 153 Å². The largest absolute Gasteiger partial charge is 0.481 e. The maximum Gasteiger partial charge on any atom is 0.263 e. The average molecular weight is 360 g/mol. The molecule has 3 rings (SSSR count). The van der Waals surface area contributed by atoms with E-state index in [-0.39, 0.29) is 5.91 Å². The first kappa shape index (κ1) is 17.5. The average Bonchev–Trinajstić information content (AvgIpc) is 2.64. The number of amides is 1. The van der Waals surface area contributed by atoms with Crippen molar-refractivity contribution in [3.05, 3.63) is 53.3 Å². The molecule has 0 radical (unpaired) electrons. The van der Waals surface area contributed by atoms with Gasteiger partial charge < -0.3 is 14.5 Å². The summed E-state index contributed by atoms with van der Waals surface area (Å²) in [7, 11) is 0. The van der Waals surface area contributed by atoms with Crippen LogP contribution < -0.4 is 9.64 Å². The van der Waals surface area contributed by atoms with E-state index in [9.17, 15) is 4.79 Å². The van der Waals surface area contributed by atoms with Gasteiger partial charge in [-0.3, -0.25) is 9.78 Å². The number of rotatable bonds is 4. The minimum absolute atomic E-state index is 0.0141. The van der Waals surface area contributed by atoms with Gasteiger partial charge in [0.25, 0.3) is 5.91 Å². The molecule has 2 heterocycles. The Bertz CT molecular complexity index is 731. The van der Waals surface area contributed by atoms with Crippen LogP contribution in [0.1, 0.15) is 12.5 Å². The van der Waals surface area contributed by atoms with E-state index < -0.39 is 6.10 Å². The number of anilines is 1. The lowest BCUT2D eigenvalue weighted by atomic mass is 10.2. The third-order valence-electron chi connectivity index (χ3n) is 4.39. The summed E-state index contributed by atoms with van der Waals surface area (Å²) in [5, 5.41) is 0.662. The summed E-state index contributed by atoms with van der Waals surface area (Å²) in [5.74, 6) is 0.708. The first-order valence-electron chi connectivity index (χ1n) is 8.41. The summed E-state index contributed by atoms with van der Waals surface area (Å²) < 4.78 is 5.85. The molecule has 0 aliphatic carbocycles. The number of carbonyl (C=O) groups excluding carboxylic acids is 1. The Morgan fingerprint density at radius 3 is 2.64 bits per heavy atom. The number of aromatic nitrogens is 1. The van der Waals surface area contributed by atoms with E-state index in [2.05, 4.69) is 9.88 Å². The van der Waals surface area contributed by atoms with Crippen molar-refractivity contribution in [3.63, 3.8) is 0 Å². The van der Waals surface area contributed by atoms with Gasteiger partial charge in [-0.05, 0) is 49.7 Å². The second-order valence-corrected chi connectivity index (χ2v) is 6.63. The summed E-state index contributed by atoms with van der Waals surface area (Å²) in [5.41, 5.74) is 2.02. The molecule has 6 heteroatoms. The monoisotopic (exact) mass is 359 g/mol. The lowest BCUT2D eigenvalue weighted by Crippen LogP contribution is -2.52. The number of benzene rings is 1. The smallest absolute Gasteiger partial charge is 0.263 e. The molecule has 0 unspecified atom stereocenters. The predicted octanol–water partition coefficient (Wildman–Crippen LogP) is 3.16. The highest BCUT2D eigenvalue weighted by Crippen LogP contribution is 2.23. The van der Waals surface area contributed by atoms with E-state index in [1.165, 1.54) is 0 Å². The summed E-state index contributed by atoms with van der Waals surface area (Å²) in [4.78, 5) is 20.9. The fourth-order valence-corrected chi connectivity index (χ4v) is 3.20. The highest BCUT2D eigenvalue weighted by atomic mass is 35.5. The first-order valence-corrected chi connectivity index (χ1v) is 8.79. The van der Waals surface area contributed by atoms with Gasteiger partial charge in [-0.15, -0.1) is 0 Å². The Morgan fingerprint density at radius 2 is 2.00 bits per heavy atom. The fraction of sp³-hybridized carbons (Fsp3) is 0.368. The Hall–Kier alpha value is -2.27. The number of ether oxygens (including phenoxy) is 1. The second-order valence-electron chi connectivity index (χ2n) is 6.19. The van der Waals surface area contributed by atoms with E-state index in [1.807, 2.05) is 42.3 Å². The number of halogens is 1. The van der Waals surface area contributed by atoms with Crippen molar-refractivity contribution in [2.45, 2.75) is 20.0 Å². The number of pyridine rings is 1. The fourth-order valence-electron chi connectivity index (χ4n) is 2.97. The van der Waals surface area contributed by atoms with Gasteiger partial charge in [0.15, 0.2) is 6.10 Å². The van der Waals surface area contributed by atoms with Crippen LogP contribution in [-0.2, 0) is 4.79 Å². The van der Waals surface area contributed by atoms with Gasteiger partial charge in [0.1, 0.15) is 5.75 Å². The molecule has 1 aromatic heterocycles. The highest BCUT2D eigenvalue weighted by Gasteiger charge is 2.26. The molecule has 0 saturated carbocycles. The molecule has 25 heavy (non-hydrogen) atoms. The van der Waals surface area contributed by atoms with Gasteiger partial charge in [-0.25, -0.2) is 0 Å². The molecule has 1 aliphatic heterocycles. The topological polar surface area (TPSA) is 45.7 Å². The van der Waals surface area contributed by atoms with Crippen LogP contribution in [0.15, 0.2) is 42.7 Å². The number of piperazine rings is 1. The maximum absolute atomic E-state index is 12.7. The summed E-state index contributed by atoms with van der Waals surface area (Å²) in [6.45, 7) is 6.67. The zero-order chi connectivity index (χ0) is 17.8. The SMILES string of the molecule is Cc1cc(Cl)ccc1O[C@@H](C)C(=O)N1CCN(c2cccnc2)CC1. The van der Waals surface area contributed by atoms with Crippen LogP contribution >= 0.6 is 11.6 Å². The molecule has 2 aromatic rings. The van der Waals surface area contributed by atoms with Gasteiger partial charge in [0.2, 0.25) is 0 Å². The van der Waals surface area contributed by atoms with Crippen molar-refractivity contribution in [3.8, 4) is 5.75 Å². The van der Waals surface area contributed by atoms with Crippen molar-refractivity contribution in [1.82, 2.24) is 9.88 Å². The van der Waals surface area contributed by atoms with Crippen molar-refractivity contribution < 1.29 is 9.53 Å². The molecular formula is C19H22ClN3O2. The molecule has 132 valence electrons. The van der Waals surface area contributed by atoms with Gasteiger partial charge >= 0.3 is 0 Å². The molecule has 0 bridgehead atoms. The number of nitrogens with zero attached hydrogens (tertiary/aromatic N) is 3. The molecule has 5 nitrogen and oxygen atoms in total. The van der Waals surface area contributed by atoms with Crippen LogP contribution in [0, 0.1) is 6.92 Å². The molecule has 1 aliphatic rings. The molecule has 0 N–H and O–H groups in total. The predicted molar refractivity (Wildman–Crippen MR) is 99.3 cm³/mol. The highest BCUT2D eigenvalue weighted by molar-refractivity contribution is 6.30. The Balaban J connectivity index is 1.56. The van der Waals surface area contributed by atoms with Crippen LogP contribution in [-0.4, -0.2) is 48.1 Å². The molecule has 1 amide bonds. The third-order valence-corrected chi connectivity index (χ3v) is 4.63.